The molecule has 292 valence electrons. The first-order valence-electron chi connectivity index (χ1n) is 18.3. The molecular weight excluding hydrogens is 738 g/mol. The summed E-state index contributed by atoms with van der Waals surface area (Å²) in [5.41, 5.74) is 1.13. The average molecular weight is 788 g/mol. The number of methoxy groups -OCH3 is 2. The van der Waals surface area contributed by atoms with Crippen LogP contribution in [0.15, 0.2) is 90.0 Å². The van der Waals surface area contributed by atoms with E-state index in [2.05, 4.69) is 54.1 Å². The molecule has 55 heavy (non-hydrogen) atoms. The predicted molar refractivity (Wildman–Crippen MR) is 217 cm³/mol. The van der Waals surface area contributed by atoms with E-state index in [4.69, 9.17) is 18.6 Å². The molecule has 14 heteroatoms. The van der Waals surface area contributed by atoms with Crippen LogP contribution >= 0.6 is 11.8 Å². The van der Waals surface area contributed by atoms with Gasteiger partial charge in [-0.3, -0.25) is 24.5 Å². The highest BCUT2D eigenvalue weighted by Gasteiger charge is 2.52. The number of carbonyl (C=O) groups is 1. The molecule has 6 rings (SSSR count). The van der Waals surface area contributed by atoms with E-state index in [0.29, 0.717) is 11.5 Å². The van der Waals surface area contributed by atoms with Gasteiger partial charge in [-0.2, -0.15) is 4.98 Å². The van der Waals surface area contributed by atoms with Crippen LogP contribution in [-0.4, -0.2) is 72.1 Å². The summed E-state index contributed by atoms with van der Waals surface area (Å²) in [6.45, 7) is 14.0. The number of fused-ring (bicyclic) bond motifs is 1. The van der Waals surface area contributed by atoms with Gasteiger partial charge >= 0.3 is 0 Å². The van der Waals surface area contributed by atoms with Crippen molar-refractivity contribution in [3.05, 3.63) is 112 Å². The number of hydrogen-bond donors (Lipinski definition) is 2. The van der Waals surface area contributed by atoms with Crippen molar-refractivity contribution in [3.8, 4) is 11.5 Å². The van der Waals surface area contributed by atoms with Crippen molar-refractivity contribution >= 4 is 43.1 Å². The van der Waals surface area contributed by atoms with Gasteiger partial charge in [0.1, 0.15) is 34.7 Å². The number of aromatic nitrogens is 4. The number of thioether (sulfide) groups is 1. The minimum absolute atomic E-state index is 0.00822. The Balaban J connectivity index is 1.44. The Hall–Kier alpha value is -4.50. The molecular formula is C41H50FN5O6SSi. The normalized spacial score (nSPS) is 19.2. The van der Waals surface area contributed by atoms with E-state index in [1.807, 2.05) is 78.9 Å². The Kier molecular flexibility index (Phi) is 11.6. The van der Waals surface area contributed by atoms with Crippen molar-refractivity contribution in [2.45, 2.75) is 81.3 Å². The lowest BCUT2D eigenvalue weighted by Crippen LogP contribution is -2.48. The van der Waals surface area contributed by atoms with Crippen molar-refractivity contribution in [3.63, 3.8) is 0 Å². The first kappa shape index (κ1) is 40.2. The second-order valence-corrected chi connectivity index (χ2v) is 21.7. The first-order valence-corrected chi connectivity index (χ1v) is 22.2. The molecule has 5 aromatic rings. The summed E-state index contributed by atoms with van der Waals surface area (Å²) >= 11 is 1.36. The number of aromatic amines is 1. The van der Waals surface area contributed by atoms with Gasteiger partial charge in [-0.15, -0.1) is 11.8 Å². The van der Waals surface area contributed by atoms with Gasteiger partial charge in [-0.05, 0) is 59.1 Å². The van der Waals surface area contributed by atoms with Gasteiger partial charge in [0.25, 0.3) is 5.56 Å². The Morgan fingerprint density at radius 1 is 0.945 bits per heavy atom. The molecule has 0 spiro atoms. The summed E-state index contributed by atoms with van der Waals surface area (Å²) in [6.07, 6.45) is -0.914. The third-order valence-electron chi connectivity index (χ3n) is 10.6. The molecule has 2 aromatic heterocycles. The highest BCUT2D eigenvalue weighted by atomic mass is 32.2. The number of halogens is 1. The maximum Gasteiger partial charge on any atom is 0.280 e. The summed E-state index contributed by atoms with van der Waals surface area (Å²) in [6, 6.07) is 25.3. The zero-order chi connectivity index (χ0) is 39.7. The van der Waals surface area contributed by atoms with Crippen molar-refractivity contribution < 1.29 is 27.8 Å². The Morgan fingerprint density at radius 2 is 1.51 bits per heavy atom. The lowest BCUT2D eigenvalue weighted by Gasteiger charge is -2.40. The molecule has 4 atom stereocenters. The Labute approximate surface area is 326 Å². The SMILES string of the molecule is COc1ccc(C(OCC2S[C@@H](n3cnc4c(=O)[nH]c(NC(=O)C(C)C)nc43)[C@H](O[Si](C)(C)C(C)(C)C)[C@H]2F)(c2ccccc2)c2ccc(OC)cc2)cc1. The van der Waals surface area contributed by atoms with Crippen LogP contribution < -0.4 is 20.3 Å². The van der Waals surface area contributed by atoms with Crippen LogP contribution in [0.4, 0.5) is 10.3 Å². The first-order chi connectivity index (χ1) is 26.1. The molecule has 1 aliphatic heterocycles. The van der Waals surface area contributed by atoms with Crippen LogP contribution in [0.5, 0.6) is 11.5 Å². The van der Waals surface area contributed by atoms with Gasteiger partial charge in [0.2, 0.25) is 11.9 Å². The van der Waals surface area contributed by atoms with Crippen LogP contribution in [-0.2, 0) is 19.6 Å². The van der Waals surface area contributed by atoms with Crippen molar-refractivity contribution in [2.75, 3.05) is 26.1 Å². The van der Waals surface area contributed by atoms with Gasteiger partial charge in [-0.1, -0.05) is 89.2 Å². The highest BCUT2D eigenvalue weighted by Crippen LogP contribution is 2.51. The molecule has 1 amide bonds. The smallest absolute Gasteiger partial charge is 0.280 e. The summed E-state index contributed by atoms with van der Waals surface area (Å²) in [5.74, 6) is 0.725. The summed E-state index contributed by atoms with van der Waals surface area (Å²) < 4.78 is 44.2. The van der Waals surface area contributed by atoms with E-state index in [-0.39, 0.29) is 40.6 Å². The number of carbonyl (C=O) groups excluding carboxylic acids is 1. The van der Waals surface area contributed by atoms with E-state index in [1.165, 1.54) is 18.1 Å². The molecule has 11 nitrogen and oxygen atoms in total. The monoisotopic (exact) mass is 787 g/mol. The largest absolute Gasteiger partial charge is 0.497 e. The van der Waals surface area contributed by atoms with E-state index >= 15 is 4.39 Å². The van der Waals surface area contributed by atoms with Gasteiger partial charge in [-0.25, -0.2) is 9.37 Å². The number of ether oxygens (including phenoxy) is 3. The van der Waals surface area contributed by atoms with E-state index < -0.39 is 42.4 Å². The summed E-state index contributed by atoms with van der Waals surface area (Å²) in [7, 11) is 0.687. The average Bonchev–Trinajstić information content (AvgIpc) is 3.72. The maximum absolute atomic E-state index is 17.4. The van der Waals surface area contributed by atoms with Crippen LogP contribution in [0.1, 0.15) is 56.7 Å². The number of nitrogens with one attached hydrogen (secondary N) is 2. The van der Waals surface area contributed by atoms with E-state index in [9.17, 15) is 9.59 Å². The fourth-order valence-electron chi connectivity index (χ4n) is 6.41. The quantitative estimate of drug-likeness (QED) is 0.0899. The second kappa shape index (κ2) is 15.9. The highest BCUT2D eigenvalue weighted by molar-refractivity contribution is 8.00. The molecule has 0 saturated carbocycles. The topological polar surface area (TPSA) is 130 Å². The van der Waals surface area contributed by atoms with Crippen LogP contribution in [0, 0.1) is 5.92 Å². The number of anilines is 1. The maximum atomic E-state index is 17.4. The third kappa shape index (κ3) is 7.95. The van der Waals surface area contributed by atoms with Crippen molar-refractivity contribution in [1.29, 1.82) is 0 Å². The number of benzene rings is 3. The van der Waals surface area contributed by atoms with Crippen molar-refractivity contribution in [1.82, 2.24) is 19.5 Å². The molecule has 1 unspecified atom stereocenters. The number of hydrogen-bond acceptors (Lipinski definition) is 9. The van der Waals surface area contributed by atoms with Crippen molar-refractivity contribution in [2.24, 2.45) is 5.92 Å². The standard InChI is InChI=1S/C41H50FN5O6SSi/c1-25(2)36(48)45-39-44-35-33(37(49)46-39)43-24-47(35)38-34(53-55(8,9)40(3,4)5)32(42)31(54-38)23-52-41(26-13-11-10-12-14-26,27-15-19-29(50-6)20-16-27)28-17-21-30(51-7)22-18-28/h10-22,24-25,31-32,34,38H,23H2,1-9H3,(H2,44,45,46,48,49)/t31?,32-,34+,38+/m0/s1. The Morgan fingerprint density at radius 3 is 2.04 bits per heavy atom. The predicted octanol–water partition coefficient (Wildman–Crippen LogP) is 8.08. The molecule has 0 bridgehead atoms. The summed E-state index contributed by atoms with van der Waals surface area (Å²) in [4.78, 5) is 37.4. The van der Waals surface area contributed by atoms with Gasteiger partial charge in [0.05, 0.1) is 32.4 Å². The second-order valence-electron chi connectivity index (χ2n) is 15.6. The molecule has 2 N–H and O–H groups in total. The molecule has 1 fully saturated rings. The molecule has 1 saturated heterocycles. The van der Waals surface area contributed by atoms with Gasteiger partial charge < -0.3 is 18.6 Å². The van der Waals surface area contributed by atoms with Crippen LogP contribution in [0.3, 0.4) is 0 Å². The molecule has 1 aliphatic rings. The van der Waals surface area contributed by atoms with Crippen LogP contribution in [0.2, 0.25) is 18.1 Å². The number of amides is 1. The fraction of sp³-hybridized carbons (Fsp3) is 0.415. The molecule has 3 heterocycles. The van der Waals surface area contributed by atoms with E-state index in [0.717, 1.165) is 16.7 Å². The number of H-pyrrole nitrogens is 1. The third-order valence-corrected chi connectivity index (χ3v) is 16.6. The molecule has 0 radical (unpaired) electrons. The minimum atomic E-state index is -2.55. The number of alkyl halides is 1. The molecule has 0 aliphatic carbocycles. The van der Waals surface area contributed by atoms with Gasteiger partial charge in [0, 0.05) is 5.92 Å². The zero-order valence-electron chi connectivity index (χ0n) is 32.8. The fourth-order valence-corrected chi connectivity index (χ4v) is 9.26. The summed E-state index contributed by atoms with van der Waals surface area (Å²) in [5, 5.41) is 1.08. The number of imidazole rings is 1. The molecule has 3 aromatic carbocycles. The number of rotatable bonds is 13. The lowest BCUT2D eigenvalue weighted by molar-refractivity contribution is -0.118. The minimum Gasteiger partial charge on any atom is -0.497 e. The van der Waals surface area contributed by atoms with Crippen LogP contribution in [0.25, 0.3) is 11.2 Å². The number of nitrogens with zero attached hydrogens (tertiary/aromatic N) is 3. The Bertz CT molecular complexity index is 2110. The zero-order valence-corrected chi connectivity index (χ0v) is 34.6. The van der Waals surface area contributed by atoms with E-state index in [1.54, 1.807) is 32.6 Å². The lowest BCUT2D eigenvalue weighted by atomic mass is 9.80. The van der Waals surface area contributed by atoms with Gasteiger partial charge in [0.15, 0.2) is 19.5 Å².